The van der Waals surface area contributed by atoms with Gasteiger partial charge in [0.15, 0.2) is 0 Å². The lowest BCUT2D eigenvalue weighted by Crippen LogP contribution is -2.43. The first kappa shape index (κ1) is 14.9. The zero-order valence-electron chi connectivity index (χ0n) is 13.7. The van der Waals surface area contributed by atoms with E-state index in [0.717, 1.165) is 49.3 Å². The first-order valence-corrected chi connectivity index (χ1v) is 8.26. The van der Waals surface area contributed by atoms with Crippen LogP contribution in [0.25, 0.3) is 11.0 Å². The van der Waals surface area contributed by atoms with E-state index in [9.17, 15) is 0 Å². The summed E-state index contributed by atoms with van der Waals surface area (Å²) in [6.07, 6.45) is 2.15. The van der Waals surface area contributed by atoms with Crippen LogP contribution >= 0.6 is 0 Å². The molecule has 4 N–H and O–H groups in total. The second-order valence-electron chi connectivity index (χ2n) is 6.35. The summed E-state index contributed by atoms with van der Waals surface area (Å²) in [7, 11) is 2.16. The second-order valence-corrected chi connectivity index (χ2v) is 6.35. The minimum atomic E-state index is 0.370. The van der Waals surface area contributed by atoms with Gasteiger partial charge in [0.05, 0.1) is 17.6 Å². The number of nitrogen functional groups attached to an aromatic ring is 1. The molecule has 8 nitrogen and oxygen atoms in total. The molecule has 0 bridgehead atoms. The molecule has 3 aromatic rings. The van der Waals surface area contributed by atoms with Gasteiger partial charge in [0, 0.05) is 19.1 Å². The highest BCUT2D eigenvalue weighted by Gasteiger charge is 2.24. The van der Waals surface area contributed by atoms with Crippen LogP contribution in [0, 0.1) is 0 Å². The fourth-order valence-electron chi connectivity index (χ4n) is 3.36. The molecule has 1 fully saturated rings. The number of para-hydroxylation sites is 2. The molecule has 1 saturated heterocycles. The largest absolute Gasteiger partial charge is 0.368 e. The molecule has 1 aromatic carbocycles. The Morgan fingerprint density at radius 1 is 1.25 bits per heavy atom. The molecule has 0 radical (unpaired) electrons. The predicted molar refractivity (Wildman–Crippen MR) is 93.6 cm³/mol. The van der Waals surface area contributed by atoms with Gasteiger partial charge >= 0.3 is 0 Å². The zero-order valence-corrected chi connectivity index (χ0v) is 13.7. The maximum absolute atomic E-state index is 5.60. The monoisotopic (exact) mass is 326 g/mol. The minimum absolute atomic E-state index is 0.370. The molecular weight excluding hydrogens is 304 g/mol. The topological polar surface area (TPSA) is 103 Å². The van der Waals surface area contributed by atoms with Crippen molar-refractivity contribution in [1.82, 2.24) is 30.0 Å². The van der Waals surface area contributed by atoms with Crippen molar-refractivity contribution in [2.45, 2.75) is 25.4 Å². The zero-order chi connectivity index (χ0) is 16.5. The highest BCUT2D eigenvalue weighted by Crippen LogP contribution is 2.21. The number of fused-ring (bicyclic) bond motifs is 1. The lowest BCUT2D eigenvalue weighted by Gasteiger charge is -2.35. The van der Waals surface area contributed by atoms with Gasteiger partial charge < -0.3 is 15.6 Å². The molecule has 0 aliphatic carbocycles. The highest BCUT2D eigenvalue weighted by atomic mass is 15.4. The fraction of sp³-hybridized carbons (Fsp3) is 0.438. The lowest BCUT2D eigenvalue weighted by atomic mass is 10.0. The fourth-order valence-corrected chi connectivity index (χ4v) is 3.36. The summed E-state index contributed by atoms with van der Waals surface area (Å²) >= 11 is 0. The quantitative estimate of drug-likeness (QED) is 0.669. The summed E-state index contributed by atoms with van der Waals surface area (Å²) in [4.78, 5) is 16.8. The van der Waals surface area contributed by atoms with Crippen LogP contribution in [-0.4, -0.2) is 56.2 Å². The SMILES string of the molecule is CN(Cc1nc2ccccc2[nH]1)C1CCN(c2n[nH]c(N)n2)CC1. The molecule has 24 heavy (non-hydrogen) atoms. The summed E-state index contributed by atoms with van der Waals surface area (Å²) in [5, 5.41) is 6.84. The summed E-state index contributed by atoms with van der Waals surface area (Å²) in [6, 6.07) is 8.68. The van der Waals surface area contributed by atoms with E-state index < -0.39 is 0 Å². The van der Waals surface area contributed by atoms with Crippen molar-refractivity contribution in [2.24, 2.45) is 0 Å². The smallest absolute Gasteiger partial charge is 0.246 e. The number of nitrogens with one attached hydrogen (secondary N) is 2. The van der Waals surface area contributed by atoms with Crippen molar-refractivity contribution in [3.8, 4) is 0 Å². The van der Waals surface area contributed by atoms with Gasteiger partial charge in [-0.25, -0.2) is 10.1 Å². The Balaban J connectivity index is 1.36. The van der Waals surface area contributed by atoms with Gasteiger partial charge in [-0.3, -0.25) is 4.90 Å². The number of nitrogens with zero attached hydrogens (tertiary/aromatic N) is 5. The third-order valence-electron chi connectivity index (χ3n) is 4.70. The van der Waals surface area contributed by atoms with E-state index in [0.29, 0.717) is 17.9 Å². The van der Waals surface area contributed by atoms with Gasteiger partial charge in [0.1, 0.15) is 5.82 Å². The molecule has 2 aromatic heterocycles. The Labute approximate surface area is 140 Å². The molecule has 126 valence electrons. The van der Waals surface area contributed by atoms with Gasteiger partial charge in [-0.1, -0.05) is 12.1 Å². The van der Waals surface area contributed by atoms with E-state index in [4.69, 9.17) is 5.73 Å². The molecule has 0 atom stereocenters. The second kappa shape index (κ2) is 6.12. The number of hydrogen-bond acceptors (Lipinski definition) is 6. The van der Waals surface area contributed by atoms with Crippen molar-refractivity contribution < 1.29 is 0 Å². The van der Waals surface area contributed by atoms with Crippen LogP contribution < -0.4 is 10.6 Å². The van der Waals surface area contributed by atoms with Crippen molar-refractivity contribution in [2.75, 3.05) is 30.8 Å². The molecule has 1 aliphatic rings. The van der Waals surface area contributed by atoms with Crippen LogP contribution in [0.5, 0.6) is 0 Å². The van der Waals surface area contributed by atoms with E-state index in [1.807, 2.05) is 18.2 Å². The lowest BCUT2D eigenvalue weighted by molar-refractivity contribution is 0.196. The molecule has 1 aliphatic heterocycles. The van der Waals surface area contributed by atoms with Gasteiger partial charge in [0.2, 0.25) is 11.9 Å². The Kier molecular flexibility index (Phi) is 3.81. The number of anilines is 2. The standard InChI is InChI=1S/C16H22N8/c1-23(10-14-18-12-4-2-3-5-13(12)19-14)11-6-8-24(9-7-11)16-20-15(17)21-22-16/h2-5,11H,6-10H2,1H3,(H,18,19)(H3,17,20,21,22). The number of H-pyrrole nitrogens is 2. The number of piperidine rings is 1. The summed E-state index contributed by atoms with van der Waals surface area (Å²) in [5.74, 6) is 2.09. The van der Waals surface area contributed by atoms with Crippen molar-refractivity contribution >= 4 is 22.9 Å². The number of nitrogens with two attached hydrogens (primary N) is 1. The van der Waals surface area contributed by atoms with Gasteiger partial charge in [-0.15, -0.1) is 5.10 Å². The first-order chi connectivity index (χ1) is 11.7. The van der Waals surface area contributed by atoms with Gasteiger partial charge in [-0.2, -0.15) is 4.98 Å². The van der Waals surface area contributed by atoms with Crippen molar-refractivity contribution in [3.63, 3.8) is 0 Å². The predicted octanol–water partition coefficient (Wildman–Crippen LogP) is 1.36. The molecular formula is C16H22N8. The maximum atomic E-state index is 5.60. The van der Waals surface area contributed by atoms with Crippen molar-refractivity contribution in [3.05, 3.63) is 30.1 Å². The average molecular weight is 326 g/mol. The minimum Gasteiger partial charge on any atom is -0.368 e. The van der Waals surface area contributed by atoms with Crippen LogP contribution in [0.15, 0.2) is 24.3 Å². The van der Waals surface area contributed by atoms with Crippen LogP contribution in [-0.2, 0) is 6.54 Å². The Morgan fingerprint density at radius 3 is 2.75 bits per heavy atom. The van der Waals surface area contributed by atoms with E-state index in [-0.39, 0.29) is 0 Å². The Bertz CT molecular complexity index is 781. The maximum Gasteiger partial charge on any atom is 0.246 e. The third-order valence-corrected chi connectivity index (χ3v) is 4.70. The van der Waals surface area contributed by atoms with Crippen LogP contribution in [0.4, 0.5) is 11.9 Å². The van der Waals surface area contributed by atoms with E-state index in [2.05, 4.69) is 48.1 Å². The molecule has 8 heteroatoms. The molecule has 4 rings (SSSR count). The van der Waals surface area contributed by atoms with E-state index in [1.54, 1.807) is 0 Å². The van der Waals surface area contributed by atoms with Crippen LogP contribution in [0.2, 0.25) is 0 Å². The number of benzene rings is 1. The molecule has 0 spiro atoms. The van der Waals surface area contributed by atoms with E-state index >= 15 is 0 Å². The summed E-state index contributed by atoms with van der Waals surface area (Å²) in [5.41, 5.74) is 7.73. The number of aromatic amines is 2. The molecule has 0 saturated carbocycles. The van der Waals surface area contributed by atoms with Crippen molar-refractivity contribution in [1.29, 1.82) is 0 Å². The summed E-state index contributed by atoms with van der Waals surface area (Å²) < 4.78 is 0. The molecule has 3 heterocycles. The van der Waals surface area contributed by atoms with Gasteiger partial charge in [0.25, 0.3) is 0 Å². The normalized spacial score (nSPS) is 16.3. The van der Waals surface area contributed by atoms with Crippen LogP contribution in [0.1, 0.15) is 18.7 Å². The highest BCUT2D eigenvalue weighted by molar-refractivity contribution is 5.74. The summed E-state index contributed by atoms with van der Waals surface area (Å²) in [6.45, 7) is 2.70. The molecule has 0 amide bonds. The number of rotatable bonds is 4. The third kappa shape index (κ3) is 2.92. The molecule has 0 unspecified atom stereocenters. The Morgan fingerprint density at radius 2 is 2.04 bits per heavy atom. The number of hydrogen-bond donors (Lipinski definition) is 3. The Hall–Kier alpha value is -2.61. The average Bonchev–Trinajstić information content (AvgIpc) is 3.20. The van der Waals surface area contributed by atoms with Crippen LogP contribution in [0.3, 0.4) is 0 Å². The van der Waals surface area contributed by atoms with Gasteiger partial charge in [-0.05, 0) is 32.0 Å². The number of imidazole rings is 1. The number of aromatic nitrogens is 5. The first-order valence-electron chi connectivity index (χ1n) is 8.26. The van der Waals surface area contributed by atoms with E-state index in [1.165, 1.54) is 0 Å².